The molecule has 28 heavy (non-hydrogen) atoms. The molecule has 2 amide bonds. The fourth-order valence-corrected chi connectivity index (χ4v) is 3.57. The van der Waals surface area contributed by atoms with Crippen LogP contribution in [0, 0.1) is 0 Å². The van der Waals surface area contributed by atoms with Gasteiger partial charge in [-0.25, -0.2) is 4.79 Å². The molecule has 0 aliphatic carbocycles. The van der Waals surface area contributed by atoms with Gasteiger partial charge in [0, 0.05) is 57.3 Å². The Morgan fingerprint density at radius 2 is 1.54 bits per heavy atom. The van der Waals surface area contributed by atoms with Crippen LogP contribution in [-0.4, -0.2) is 51.2 Å². The Bertz CT molecular complexity index is 800. The molecule has 0 atom stereocenters. The fourth-order valence-electron chi connectivity index (χ4n) is 3.57. The number of para-hydroxylation sites is 1. The van der Waals surface area contributed by atoms with Gasteiger partial charge in [-0.15, -0.1) is 0 Å². The van der Waals surface area contributed by atoms with E-state index >= 15 is 0 Å². The van der Waals surface area contributed by atoms with Crippen molar-refractivity contribution in [1.29, 1.82) is 0 Å². The number of urea groups is 1. The van der Waals surface area contributed by atoms with Gasteiger partial charge in [0.15, 0.2) is 0 Å². The first kappa shape index (κ1) is 20.1. The summed E-state index contributed by atoms with van der Waals surface area (Å²) in [6.07, 6.45) is 0. The largest absolute Gasteiger partial charge is 0.378 e. The first-order valence-electron chi connectivity index (χ1n) is 9.93. The summed E-state index contributed by atoms with van der Waals surface area (Å²) in [5.41, 5.74) is 4.45. The molecule has 0 radical (unpaired) electrons. The summed E-state index contributed by atoms with van der Waals surface area (Å²) >= 11 is 0. The number of carbonyl (C=O) groups excluding carboxylic acids is 1. The van der Waals surface area contributed by atoms with Crippen molar-refractivity contribution < 1.29 is 4.79 Å². The third-order valence-electron chi connectivity index (χ3n) is 5.27. The molecule has 2 aromatic rings. The molecule has 0 bridgehead atoms. The van der Waals surface area contributed by atoms with Crippen molar-refractivity contribution in [2.75, 3.05) is 55.4 Å². The number of carbonyl (C=O) groups is 1. The number of hydrogen-bond donors (Lipinski definition) is 1. The zero-order valence-corrected chi connectivity index (χ0v) is 17.7. The number of benzene rings is 2. The molecule has 1 heterocycles. The van der Waals surface area contributed by atoms with Crippen molar-refractivity contribution in [2.24, 2.45) is 0 Å². The van der Waals surface area contributed by atoms with Gasteiger partial charge in [-0.2, -0.15) is 0 Å². The van der Waals surface area contributed by atoms with Gasteiger partial charge in [0.2, 0.25) is 0 Å². The Labute approximate surface area is 168 Å². The molecule has 1 aliphatic rings. The molecule has 1 fully saturated rings. The van der Waals surface area contributed by atoms with Gasteiger partial charge in [-0.1, -0.05) is 39.0 Å². The van der Waals surface area contributed by atoms with E-state index in [9.17, 15) is 4.79 Å². The lowest BCUT2D eigenvalue weighted by atomic mass is 9.86. The minimum absolute atomic E-state index is 0.0126. The summed E-state index contributed by atoms with van der Waals surface area (Å²) in [7, 11) is 4.09. The predicted molar refractivity (Wildman–Crippen MR) is 119 cm³/mol. The molecule has 0 spiro atoms. The number of anilines is 3. The standard InChI is InChI=1S/C23H32N4O/c1-23(2,3)20-8-6-7-9-21(20)24-22(28)27-16-14-26(15-17-27)19-12-10-18(11-13-19)25(4)5/h6-13H,14-17H2,1-5H3,(H,24,28). The molecule has 3 rings (SSSR count). The molecule has 0 aromatic heterocycles. The van der Waals surface area contributed by atoms with E-state index in [0.717, 1.165) is 37.4 Å². The topological polar surface area (TPSA) is 38.8 Å². The third kappa shape index (κ3) is 4.58. The van der Waals surface area contributed by atoms with E-state index in [4.69, 9.17) is 0 Å². The second-order valence-electron chi connectivity index (χ2n) is 8.61. The van der Waals surface area contributed by atoms with Gasteiger partial charge in [0.05, 0.1) is 0 Å². The summed E-state index contributed by atoms with van der Waals surface area (Å²) in [5, 5.41) is 3.12. The average Bonchev–Trinajstić information content (AvgIpc) is 2.68. The van der Waals surface area contributed by atoms with Crippen molar-refractivity contribution in [1.82, 2.24) is 4.90 Å². The molecule has 1 aliphatic heterocycles. The molecule has 0 unspecified atom stereocenters. The molecule has 150 valence electrons. The van der Waals surface area contributed by atoms with Crippen LogP contribution in [0.2, 0.25) is 0 Å². The van der Waals surface area contributed by atoms with Crippen LogP contribution in [0.15, 0.2) is 48.5 Å². The molecular formula is C23H32N4O. The van der Waals surface area contributed by atoms with E-state index in [1.54, 1.807) is 0 Å². The first-order valence-corrected chi connectivity index (χ1v) is 9.93. The highest BCUT2D eigenvalue weighted by molar-refractivity contribution is 5.90. The highest BCUT2D eigenvalue weighted by Gasteiger charge is 2.24. The first-order chi connectivity index (χ1) is 13.3. The van der Waals surface area contributed by atoms with Crippen LogP contribution in [0.1, 0.15) is 26.3 Å². The normalized spacial score (nSPS) is 14.8. The van der Waals surface area contributed by atoms with E-state index < -0.39 is 0 Å². The number of amides is 2. The van der Waals surface area contributed by atoms with E-state index in [2.05, 4.69) is 66.2 Å². The van der Waals surface area contributed by atoms with E-state index in [1.165, 1.54) is 11.4 Å². The van der Waals surface area contributed by atoms with Crippen molar-refractivity contribution in [2.45, 2.75) is 26.2 Å². The van der Waals surface area contributed by atoms with E-state index in [0.29, 0.717) is 0 Å². The third-order valence-corrected chi connectivity index (χ3v) is 5.27. The molecular weight excluding hydrogens is 348 g/mol. The van der Waals surface area contributed by atoms with Crippen LogP contribution in [0.5, 0.6) is 0 Å². The minimum Gasteiger partial charge on any atom is -0.378 e. The minimum atomic E-state index is -0.0145. The maximum atomic E-state index is 12.8. The number of piperazine rings is 1. The lowest BCUT2D eigenvalue weighted by molar-refractivity contribution is 0.208. The summed E-state index contributed by atoms with van der Waals surface area (Å²) < 4.78 is 0. The molecule has 5 nitrogen and oxygen atoms in total. The molecule has 0 saturated carbocycles. The highest BCUT2D eigenvalue weighted by Crippen LogP contribution is 2.29. The second-order valence-corrected chi connectivity index (χ2v) is 8.61. The molecule has 2 aromatic carbocycles. The van der Waals surface area contributed by atoms with Gasteiger partial charge in [-0.05, 0) is 41.3 Å². The van der Waals surface area contributed by atoms with Crippen molar-refractivity contribution >= 4 is 23.1 Å². The number of rotatable bonds is 3. The SMILES string of the molecule is CN(C)c1ccc(N2CCN(C(=O)Nc3ccccc3C(C)(C)C)CC2)cc1. The van der Waals surface area contributed by atoms with Crippen LogP contribution in [-0.2, 0) is 5.41 Å². The maximum Gasteiger partial charge on any atom is 0.321 e. The van der Waals surface area contributed by atoms with Crippen LogP contribution < -0.4 is 15.1 Å². The Morgan fingerprint density at radius 3 is 2.11 bits per heavy atom. The predicted octanol–water partition coefficient (Wildman–Crippen LogP) is 4.40. The summed E-state index contributed by atoms with van der Waals surface area (Å²) in [6.45, 7) is 9.62. The summed E-state index contributed by atoms with van der Waals surface area (Å²) in [4.78, 5) is 19.1. The zero-order valence-electron chi connectivity index (χ0n) is 17.7. The Kier molecular flexibility index (Phi) is 5.82. The Hall–Kier alpha value is -2.69. The maximum absolute atomic E-state index is 12.8. The van der Waals surface area contributed by atoms with E-state index in [1.807, 2.05) is 37.2 Å². The Morgan fingerprint density at radius 1 is 0.929 bits per heavy atom. The van der Waals surface area contributed by atoms with Gasteiger partial charge < -0.3 is 20.0 Å². The number of nitrogens with one attached hydrogen (secondary N) is 1. The van der Waals surface area contributed by atoms with Gasteiger partial charge >= 0.3 is 6.03 Å². The smallest absolute Gasteiger partial charge is 0.321 e. The molecule has 1 saturated heterocycles. The molecule has 1 N–H and O–H groups in total. The average molecular weight is 381 g/mol. The van der Waals surface area contributed by atoms with Gasteiger partial charge in [0.25, 0.3) is 0 Å². The monoisotopic (exact) mass is 380 g/mol. The zero-order chi connectivity index (χ0) is 20.3. The number of hydrogen-bond acceptors (Lipinski definition) is 3. The highest BCUT2D eigenvalue weighted by atomic mass is 16.2. The van der Waals surface area contributed by atoms with E-state index in [-0.39, 0.29) is 11.4 Å². The molecule has 5 heteroatoms. The van der Waals surface area contributed by atoms with Crippen LogP contribution in [0.4, 0.5) is 21.9 Å². The summed E-state index contributed by atoms with van der Waals surface area (Å²) in [5.74, 6) is 0. The summed E-state index contributed by atoms with van der Waals surface area (Å²) in [6, 6.07) is 16.6. The Balaban J connectivity index is 1.60. The quantitative estimate of drug-likeness (QED) is 0.858. The number of nitrogens with zero attached hydrogens (tertiary/aromatic N) is 3. The van der Waals surface area contributed by atoms with Crippen LogP contribution in [0.3, 0.4) is 0 Å². The lowest BCUT2D eigenvalue weighted by Crippen LogP contribution is -2.50. The van der Waals surface area contributed by atoms with Crippen molar-refractivity contribution in [3.8, 4) is 0 Å². The van der Waals surface area contributed by atoms with Crippen LogP contribution >= 0.6 is 0 Å². The fraction of sp³-hybridized carbons (Fsp3) is 0.435. The van der Waals surface area contributed by atoms with Gasteiger partial charge in [0.1, 0.15) is 0 Å². The van der Waals surface area contributed by atoms with Crippen LogP contribution in [0.25, 0.3) is 0 Å². The lowest BCUT2D eigenvalue weighted by Gasteiger charge is -2.36. The van der Waals surface area contributed by atoms with Crippen molar-refractivity contribution in [3.05, 3.63) is 54.1 Å². The van der Waals surface area contributed by atoms with Gasteiger partial charge in [-0.3, -0.25) is 0 Å². The second kappa shape index (κ2) is 8.13. The van der Waals surface area contributed by atoms with Crippen molar-refractivity contribution in [3.63, 3.8) is 0 Å².